The van der Waals surface area contributed by atoms with Gasteiger partial charge in [-0.1, -0.05) is 23.7 Å². The van der Waals surface area contributed by atoms with Crippen molar-refractivity contribution in [1.29, 1.82) is 0 Å². The van der Waals surface area contributed by atoms with Gasteiger partial charge in [0.05, 0.1) is 31.3 Å². The third-order valence-electron chi connectivity index (χ3n) is 5.44. The van der Waals surface area contributed by atoms with E-state index in [0.29, 0.717) is 29.3 Å². The summed E-state index contributed by atoms with van der Waals surface area (Å²) in [7, 11) is -1.54. The number of ether oxygens (including phenoxy) is 1. The van der Waals surface area contributed by atoms with Crippen LogP contribution in [0.1, 0.15) is 17.5 Å². The van der Waals surface area contributed by atoms with Crippen molar-refractivity contribution >= 4 is 38.3 Å². The number of carbonyl (C=O) groups is 1. The molecule has 1 saturated heterocycles. The molecule has 1 fully saturated rings. The van der Waals surface area contributed by atoms with Gasteiger partial charge >= 0.3 is 0 Å². The van der Waals surface area contributed by atoms with Crippen LogP contribution >= 0.6 is 11.6 Å². The molecule has 158 valence electrons. The summed E-state index contributed by atoms with van der Waals surface area (Å²) in [5.41, 5.74) is 2.32. The number of fused-ring (bicyclic) bond motifs is 1. The zero-order chi connectivity index (χ0) is 21.3. The van der Waals surface area contributed by atoms with Crippen LogP contribution in [0, 0.1) is 0 Å². The topological polar surface area (TPSA) is 76.8 Å². The zero-order valence-electron chi connectivity index (χ0n) is 16.5. The van der Waals surface area contributed by atoms with Gasteiger partial charge in [0, 0.05) is 28.6 Å². The van der Waals surface area contributed by atoms with Crippen LogP contribution in [0.25, 0.3) is 11.0 Å². The van der Waals surface area contributed by atoms with E-state index >= 15 is 0 Å². The molecule has 1 aromatic heterocycles. The molecule has 6 nitrogen and oxygen atoms in total. The molecule has 0 N–H and O–H groups in total. The number of nitrogens with zero attached hydrogens (tertiary/aromatic N) is 1. The van der Waals surface area contributed by atoms with E-state index in [-0.39, 0.29) is 29.9 Å². The number of hydrogen-bond acceptors (Lipinski definition) is 5. The van der Waals surface area contributed by atoms with Gasteiger partial charge in [-0.3, -0.25) is 4.79 Å². The Bertz CT molecular complexity index is 1170. The average Bonchev–Trinajstić information content (AvgIpc) is 3.29. The minimum absolute atomic E-state index is 0.00765. The van der Waals surface area contributed by atoms with Gasteiger partial charge in [-0.25, -0.2) is 8.42 Å². The molecule has 8 heteroatoms. The maximum Gasteiger partial charge on any atom is 0.227 e. The van der Waals surface area contributed by atoms with E-state index in [1.807, 2.05) is 18.2 Å². The summed E-state index contributed by atoms with van der Waals surface area (Å²) in [6.07, 6.45) is 2.14. The highest BCUT2D eigenvalue weighted by Crippen LogP contribution is 2.28. The highest BCUT2D eigenvalue weighted by molar-refractivity contribution is 7.91. The number of hydrogen-bond donors (Lipinski definition) is 0. The van der Waals surface area contributed by atoms with Gasteiger partial charge in [0.15, 0.2) is 9.84 Å². The SMILES string of the molecule is COc1ccc2occ(CC(=O)N(Cc3ccc(Cl)cc3)C3CCS(=O)(=O)C3)c2c1. The van der Waals surface area contributed by atoms with E-state index in [9.17, 15) is 13.2 Å². The largest absolute Gasteiger partial charge is 0.497 e. The summed E-state index contributed by atoms with van der Waals surface area (Å²) in [5, 5.41) is 1.42. The predicted octanol–water partition coefficient (Wildman–Crippen LogP) is 3.85. The Kier molecular flexibility index (Phi) is 5.75. The Morgan fingerprint density at radius 2 is 2.00 bits per heavy atom. The molecular weight excluding hydrogens is 426 g/mol. The highest BCUT2D eigenvalue weighted by Gasteiger charge is 2.34. The third kappa shape index (κ3) is 4.47. The molecule has 3 aromatic rings. The number of methoxy groups -OCH3 is 1. The quantitative estimate of drug-likeness (QED) is 0.573. The first-order valence-electron chi connectivity index (χ1n) is 9.63. The van der Waals surface area contributed by atoms with E-state index in [1.165, 1.54) is 0 Å². The van der Waals surface area contributed by atoms with Gasteiger partial charge in [-0.2, -0.15) is 0 Å². The first-order chi connectivity index (χ1) is 14.3. The number of carbonyl (C=O) groups excluding carboxylic acids is 1. The van der Waals surface area contributed by atoms with Crippen molar-refractivity contribution in [3.05, 3.63) is 64.9 Å². The van der Waals surface area contributed by atoms with E-state index in [4.69, 9.17) is 20.8 Å². The number of halogens is 1. The molecule has 4 rings (SSSR count). The van der Waals surface area contributed by atoms with Crippen molar-refractivity contribution in [2.45, 2.75) is 25.4 Å². The van der Waals surface area contributed by atoms with Crippen LogP contribution < -0.4 is 4.74 Å². The van der Waals surface area contributed by atoms with Gasteiger partial charge in [-0.15, -0.1) is 0 Å². The smallest absolute Gasteiger partial charge is 0.227 e. The van der Waals surface area contributed by atoms with Crippen molar-refractivity contribution in [1.82, 2.24) is 4.90 Å². The second-order valence-corrected chi connectivity index (χ2v) is 10.2. The van der Waals surface area contributed by atoms with Crippen LogP contribution in [0.4, 0.5) is 0 Å². The van der Waals surface area contributed by atoms with E-state index in [2.05, 4.69) is 0 Å². The molecule has 0 spiro atoms. The fourth-order valence-corrected chi connectivity index (χ4v) is 5.67. The number of rotatable bonds is 6. The number of amides is 1. The molecule has 30 heavy (non-hydrogen) atoms. The fraction of sp³-hybridized carbons (Fsp3) is 0.318. The highest BCUT2D eigenvalue weighted by atomic mass is 35.5. The van der Waals surface area contributed by atoms with Crippen LogP contribution in [0.2, 0.25) is 5.02 Å². The number of benzene rings is 2. The minimum atomic E-state index is -3.13. The lowest BCUT2D eigenvalue weighted by molar-refractivity contribution is -0.133. The van der Waals surface area contributed by atoms with Crippen LogP contribution in [0.3, 0.4) is 0 Å². The number of sulfone groups is 1. The normalized spacial score (nSPS) is 17.9. The van der Waals surface area contributed by atoms with Gasteiger partial charge in [0.2, 0.25) is 5.91 Å². The average molecular weight is 448 g/mol. The Labute approximate surface area is 180 Å². The standard InChI is InChI=1S/C22H22ClNO5S/c1-28-19-6-7-21-20(11-19)16(13-29-21)10-22(25)24(18-8-9-30(26,27)14-18)12-15-2-4-17(23)5-3-15/h2-7,11,13,18H,8-10,12,14H2,1H3. The molecule has 2 heterocycles. The maximum absolute atomic E-state index is 13.3. The van der Waals surface area contributed by atoms with Crippen molar-refractivity contribution in [2.75, 3.05) is 18.6 Å². The van der Waals surface area contributed by atoms with E-state index in [1.54, 1.807) is 42.5 Å². The lowest BCUT2D eigenvalue weighted by Crippen LogP contribution is -2.41. The maximum atomic E-state index is 13.3. The van der Waals surface area contributed by atoms with Crippen LogP contribution in [-0.2, 0) is 27.6 Å². The third-order valence-corrected chi connectivity index (χ3v) is 7.44. The summed E-state index contributed by atoms with van der Waals surface area (Å²) in [5.74, 6) is 0.635. The Balaban J connectivity index is 1.61. The lowest BCUT2D eigenvalue weighted by atomic mass is 10.1. The molecule has 0 aliphatic carbocycles. The van der Waals surface area contributed by atoms with Crippen molar-refractivity contribution in [2.24, 2.45) is 0 Å². The summed E-state index contributed by atoms with van der Waals surface area (Å²) >= 11 is 5.97. The van der Waals surface area contributed by atoms with E-state index in [0.717, 1.165) is 16.5 Å². The molecule has 1 aliphatic heterocycles. The van der Waals surface area contributed by atoms with E-state index < -0.39 is 9.84 Å². The van der Waals surface area contributed by atoms with Gasteiger partial charge in [0.25, 0.3) is 0 Å². The minimum Gasteiger partial charge on any atom is -0.497 e. The molecule has 0 radical (unpaired) electrons. The summed E-state index contributed by atoms with van der Waals surface area (Å²) in [4.78, 5) is 15.0. The molecule has 1 atom stereocenters. The van der Waals surface area contributed by atoms with Crippen LogP contribution in [0.15, 0.2) is 53.1 Å². The molecule has 1 unspecified atom stereocenters. The van der Waals surface area contributed by atoms with Crippen molar-refractivity contribution < 1.29 is 22.4 Å². The lowest BCUT2D eigenvalue weighted by Gasteiger charge is -2.28. The second-order valence-electron chi connectivity index (χ2n) is 7.50. The van der Waals surface area contributed by atoms with Crippen molar-refractivity contribution in [3.63, 3.8) is 0 Å². The van der Waals surface area contributed by atoms with Crippen LogP contribution in [-0.4, -0.2) is 43.9 Å². The molecule has 2 aromatic carbocycles. The predicted molar refractivity (Wildman–Crippen MR) is 116 cm³/mol. The van der Waals surface area contributed by atoms with Gasteiger partial charge < -0.3 is 14.1 Å². The molecule has 0 bridgehead atoms. The van der Waals surface area contributed by atoms with Gasteiger partial charge in [0.1, 0.15) is 11.3 Å². The molecule has 0 saturated carbocycles. The van der Waals surface area contributed by atoms with Crippen molar-refractivity contribution in [3.8, 4) is 5.75 Å². The Hall–Kier alpha value is -2.51. The summed E-state index contributed by atoms with van der Waals surface area (Å²) < 4.78 is 34.9. The molecule has 1 aliphatic rings. The van der Waals surface area contributed by atoms with Crippen LogP contribution in [0.5, 0.6) is 5.75 Å². The first-order valence-corrected chi connectivity index (χ1v) is 11.8. The Morgan fingerprint density at radius 3 is 2.67 bits per heavy atom. The molecule has 1 amide bonds. The summed E-state index contributed by atoms with van der Waals surface area (Å²) in [6, 6.07) is 12.3. The summed E-state index contributed by atoms with van der Waals surface area (Å²) in [6.45, 7) is 0.329. The van der Waals surface area contributed by atoms with Gasteiger partial charge in [-0.05, 0) is 42.3 Å². The monoisotopic (exact) mass is 447 g/mol. The second kappa shape index (κ2) is 8.32. The first kappa shape index (κ1) is 20.8. The molecular formula is C22H22ClNO5S. The zero-order valence-corrected chi connectivity index (χ0v) is 18.1. The Morgan fingerprint density at radius 1 is 1.23 bits per heavy atom. The fourth-order valence-electron chi connectivity index (χ4n) is 3.82. The number of furan rings is 1.